The van der Waals surface area contributed by atoms with Crippen molar-refractivity contribution in [1.29, 1.82) is 0 Å². The van der Waals surface area contributed by atoms with Crippen LogP contribution >= 0.6 is 0 Å². The topological polar surface area (TPSA) is 89.2 Å². The minimum atomic E-state index is -1.07. The van der Waals surface area contributed by atoms with E-state index in [4.69, 9.17) is 9.47 Å². The maximum absolute atomic E-state index is 13.4. The number of piperidine rings is 1. The van der Waals surface area contributed by atoms with Gasteiger partial charge in [0.1, 0.15) is 12.9 Å². The minimum absolute atomic E-state index is 0.00896. The lowest BCUT2D eigenvalue weighted by Gasteiger charge is -2.51. The number of aliphatic hydroxyl groups is 1. The number of carbonyl (C=O) groups excluding carboxylic acids is 1. The fraction of sp³-hybridized carbons (Fsp3) is 0.321. The molecule has 2 atom stereocenters. The number of aromatic nitrogens is 3. The van der Waals surface area contributed by atoms with Gasteiger partial charge in [-0.2, -0.15) is 0 Å². The first-order valence-electron chi connectivity index (χ1n) is 12.3. The molecular weight excluding hydrogens is 456 g/mol. The van der Waals surface area contributed by atoms with Crippen LogP contribution in [0, 0.1) is 0 Å². The lowest BCUT2D eigenvalue weighted by atomic mass is 9.77. The highest BCUT2D eigenvalue weighted by Gasteiger charge is 2.49. The van der Waals surface area contributed by atoms with E-state index in [0.717, 1.165) is 11.2 Å². The van der Waals surface area contributed by atoms with Crippen molar-refractivity contribution in [2.75, 3.05) is 19.8 Å². The first kappa shape index (κ1) is 21.5. The van der Waals surface area contributed by atoms with Crippen LogP contribution in [0.25, 0.3) is 16.8 Å². The number of fused-ring (bicyclic) bond motifs is 6. The maximum Gasteiger partial charge on any atom is 0.410 e. The van der Waals surface area contributed by atoms with Crippen molar-refractivity contribution in [1.82, 2.24) is 19.5 Å². The molecule has 7 rings (SSSR count). The Morgan fingerprint density at radius 3 is 2.36 bits per heavy atom. The molecular formula is C28H26N4O4. The van der Waals surface area contributed by atoms with Gasteiger partial charge in [-0.05, 0) is 28.3 Å². The third-order valence-electron chi connectivity index (χ3n) is 7.93. The van der Waals surface area contributed by atoms with Gasteiger partial charge in [-0.25, -0.2) is 4.79 Å². The molecule has 2 aromatic heterocycles. The number of pyridine rings is 1. The number of morpholine rings is 1. The van der Waals surface area contributed by atoms with Crippen molar-refractivity contribution in [3.05, 3.63) is 89.9 Å². The average Bonchev–Trinajstić information content (AvgIpc) is 3.49. The highest BCUT2D eigenvalue weighted by atomic mass is 16.6. The first-order chi connectivity index (χ1) is 17.6. The monoisotopic (exact) mass is 482 g/mol. The van der Waals surface area contributed by atoms with E-state index < -0.39 is 5.60 Å². The molecule has 2 bridgehead atoms. The van der Waals surface area contributed by atoms with Crippen LogP contribution < -0.4 is 0 Å². The van der Waals surface area contributed by atoms with Crippen molar-refractivity contribution in [2.24, 2.45) is 0 Å². The van der Waals surface area contributed by atoms with Gasteiger partial charge in [-0.1, -0.05) is 54.6 Å². The summed E-state index contributed by atoms with van der Waals surface area (Å²) in [6.45, 7) is 1.02. The van der Waals surface area contributed by atoms with E-state index in [9.17, 15) is 9.90 Å². The molecule has 8 heteroatoms. The summed E-state index contributed by atoms with van der Waals surface area (Å²) in [5.74, 6) is 0.00896. The Hall–Kier alpha value is -3.75. The van der Waals surface area contributed by atoms with Gasteiger partial charge in [0.15, 0.2) is 5.65 Å². The molecule has 2 aliphatic heterocycles. The zero-order valence-corrected chi connectivity index (χ0v) is 19.7. The fourth-order valence-electron chi connectivity index (χ4n) is 6.28. The average molecular weight is 483 g/mol. The quantitative estimate of drug-likeness (QED) is 0.479. The van der Waals surface area contributed by atoms with Gasteiger partial charge >= 0.3 is 6.09 Å². The lowest BCUT2D eigenvalue weighted by molar-refractivity contribution is -0.136. The van der Waals surface area contributed by atoms with Gasteiger partial charge in [0.05, 0.1) is 30.9 Å². The maximum atomic E-state index is 13.4. The Morgan fingerprint density at radius 2 is 1.67 bits per heavy atom. The number of rotatable bonds is 3. The number of hydrogen-bond donors (Lipinski definition) is 1. The highest BCUT2D eigenvalue weighted by Crippen LogP contribution is 2.45. The third-order valence-corrected chi connectivity index (χ3v) is 7.93. The van der Waals surface area contributed by atoms with Gasteiger partial charge in [0.2, 0.25) is 0 Å². The standard InChI is InChI=1S/C28H26N4O4/c33-27(36-16-25-23-7-3-1-5-21(23)22-6-2-4-8-24(22)25)32-19-11-28(34,12-20(32)15-35-14-19)18-9-10-26-30-29-17-31(26)13-18/h1-10,13,17,19-20,25,34H,11-12,14-16H2. The van der Waals surface area contributed by atoms with Crippen molar-refractivity contribution in [2.45, 2.75) is 36.4 Å². The molecule has 2 fully saturated rings. The van der Waals surface area contributed by atoms with Crippen LogP contribution in [-0.2, 0) is 15.1 Å². The summed E-state index contributed by atoms with van der Waals surface area (Å²) >= 11 is 0. The smallest absolute Gasteiger partial charge is 0.410 e. The zero-order chi connectivity index (χ0) is 24.3. The van der Waals surface area contributed by atoms with E-state index in [-0.39, 0.29) is 30.7 Å². The van der Waals surface area contributed by atoms with Crippen LogP contribution in [0.15, 0.2) is 73.2 Å². The van der Waals surface area contributed by atoms with Gasteiger partial charge in [0, 0.05) is 30.5 Å². The number of benzene rings is 2. The molecule has 8 nitrogen and oxygen atoms in total. The summed E-state index contributed by atoms with van der Waals surface area (Å²) in [5.41, 5.74) is 5.22. The lowest BCUT2D eigenvalue weighted by Crippen LogP contribution is -2.62. The van der Waals surface area contributed by atoms with Gasteiger partial charge in [-0.15, -0.1) is 10.2 Å². The SMILES string of the molecule is O=C(OCC1c2ccccc2-c2ccccc21)N1C2COCC1CC(O)(c1ccc3nncn3c1)C2. The molecule has 4 aromatic rings. The molecule has 1 amide bonds. The first-order valence-corrected chi connectivity index (χ1v) is 12.3. The second-order valence-corrected chi connectivity index (χ2v) is 10.0. The Morgan fingerprint density at radius 1 is 1.00 bits per heavy atom. The number of carbonyl (C=O) groups is 1. The molecule has 2 aromatic carbocycles. The summed E-state index contributed by atoms with van der Waals surface area (Å²) in [4.78, 5) is 15.2. The molecule has 0 saturated carbocycles. The molecule has 3 aliphatic rings. The summed E-state index contributed by atoms with van der Waals surface area (Å²) in [6.07, 6.45) is 3.90. The highest BCUT2D eigenvalue weighted by molar-refractivity contribution is 5.79. The molecule has 0 spiro atoms. The van der Waals surface area contributed by atoms with Crippen molar-refractivity contribution >= 4 is 11.7 Å². The van der Waals surface area contributed by atoms with E-state index >= 15 is 0 Å². The molecule has 182 valence electrons. The molecule has 0 radical (unpaired) electrons. The Labute approximate surface area is 208 Å². The normalized spacial score (nSPS) is 25.0. The van der Waals surface area contributed by atoms with Gasteiger partial charge < -0.3 is 14.6 Å². The summed E-state index contributed by atoms with van der Waals surface area (Å²) in [5, 5.41) is 19.6. The largest absolute Gasteiger partial charge is 0.448 e. The van der Waals surface area contributed by atoms with Crippen LogP contribution in [0.2, 0.25) is 0 Å². The van der Waals surface area contributed by atoms with Crippen molar-refractivity contribution in [3.63, 3.8) is 0 Å². The summed E-state index contributed by atoms with van der Waals surface area (Å²) in [6, 6.07) is 19.8. The number of ether oxygens (including phenoxy) is 2. The van der Waals surface area contributed by atoms with Crippen LogP contribution in [-0.4, -0.2) is 62.6 Å². The van der Waals surface area contributed by atoms with E-state index in [1.54, 1.807) is 15.6 Å². The van der Waals surface area contributed by atoms with E-state index in [1.165, 1.54) is 22.3 Å². The number of hydrogen-bond acceptors (Lipinski definition) is 6. The summed E-state index contributed by atoms with van der Waals surface area (Å²) in [7, 11) is 0. The van der Waals surface area contributed by atoms with Crippen LogP contribution in [0.3, 0.4) is 0 Å². The second kappa shape index (κ2) is 8.15. The number of nitrogens with zero attached hydrogens (tertiary/aromatic N) is 4. The Balaban J connectivity index is 1.11. The Kier molecular flexibility index (Phi) is 4.87. The number of amides is 1. The predicted octanol–water partition coefficient (Wildman–Crippen LogP) is 3.73. The Bertz CT molecular complexity index is 1410. The van der Waals surface area contributed by atoms with E-state index in [0.29, 0.717) is 26.1 Å². The minimum Gasteiger partial charge on any atom is -0.448 e. The molecule has 1 aliphatic carbocycles. The van der Waals surface area contributed by atoms with Gasteiger partial charge in [0.25, 0.3) is 0 Å². The second-order valence-electron chi connectivity index (χ2n) is 10.0. The summed E-state index contributed by atoms with van der Waals surface area (Å²) < 4.78 is 13.6. The van der Waals surface area contributed by atoms with Gasteiger partial charge in [-0.3, -0.25) is 9.30 Å². The van der Waals surface area contributed by atoms with E-state index in [2.05, 4.69) is 34.5 Å². The van der Waals surface area contributed by atoms with Crippen molar-refractivity contribution in [3.8, 4) is 11.1 Å². The van der Waals surface area contributed by atoms with Crippen molar-refractivity contribution < 1.29 is 19.4 Å². The zero-order valence-electron chi connectivity index (χ0n) is 19.7. The van der Waals surface area contributed by atoms with Crippen LogP contribution in [0.1, 0.15) is 35.4 Å². The molecule has 2 saturated heterocycles. The third kappa shape index (κ3) is 3.32. The molecule has 2 unspecified atom stereocenters. The molecule has 1 N–H and O–H groups in total. The van der Waals surface area contributed by atoms with Crippen LogP contribution in [0.5, 0.6) is 0 Å². The van der Waals surface area contributed by atoms with E-state index in [1.807, 2.05) is 42.6 Å². The predicted molar refractivity (Wildman–Crippen MR) is 131 cm³/mol. The molecule has 4 heterocycles. The fourth-order valence-corrected chi connectivity index (χ4v) is 6.28. The molecule has 36 heavy (non-hydrogen) atoms. The van der Waals surface area contributed by atoms with Crippen LogP contribution in [0.4, 0.5) is 4.79 Å².